The maximum Gasteiger partial charge on any atom is 0.228 e. The number of benzene rings is 2. The summed E-state index contributed by atoms with van der Waals surface area (Å²) in [6.45, 7) is 0. The van der Waals surface area contributed by atoms with E-state index in [1.165, 1.54) is 0 Å². The van der Waals surface area contributed by atoms with Gasteiger partial charge in [-0.05, 0) is 34.5 Å². The van der Waals surface area contributed by atoms with E-state index in [-0.39, 0.29) is 5.91 Å². The van der Waals surface area contributed by atoms with E-state index in [9.17, 15) is 4.79 Å². The van der Waals surface area contributed by atoms with E-state index in [1.807, 2.05) is 54.6 Å². The molecule has 0 saturated carbocycles. The topological polar surface area (TPSA) is 59.8 Å². The maximum atomic E-state index is 12.6. The van der Waals surface area contributed by atoms with Gasteiger partial charge >= 0.3 is 0 Å². The monoisotopic (exact) mass is 328 g/mol. The van der Waals surface area contributed by atoms with Crippen molar-refractivity contribution in [2.24, 2.45) is 0 Å². The summed E-state index contributed by atoms with van der Waals surface area (Å²) in [4.78, 5) is 16.9. The molecule has 4 aromatic rings. The molecule has 0 spiro atoms. The number of anilines is 1. The number of hydrogen-bond acceptors (Lipinski definition) is 3. The molecule has 0 unspecified atom stereocenters. The fraction of sp³-hybridized carbons (Fsp3) is 0.0500. The Bertz CT molecular complexity index is 1020. The molecule has 0 bridgehead atoms. The molecule has 122 valence electrons. The zero-order chi connectivity index (χ0) is 17.1. The summed E-state index contributed by atoms with van der Waals surface area (Å²) in [6, 6.07) is 19.5. The number of aromatic nitrogens is 3. The van der Waals surface area contributed by atoms with Crippen LogP contribution >= 0.6 is 0 Å². The van der Waals surface area contributed by atoms with Gasteiger partial charge in [0.15, 0.2) is 5.82 Å². The number of carbonyl (C=O) groups excluding carboxylic acids is 1. The molecule has 0 aliphatic rings. The summed E-state index contributed by atoms with van der Waals surface area (Å²) in [5.41, 5.74) is 1.64. The Labute approximate surface area is 144 Å². The summed E-state index contributed by atoms with van der Waals surface area (Å²) < 4.78 is 1.63. The summed E-state index contributed by atoms with van der Waals surface area (Å²) >= 11 is 0. The molecule has 4 rings (SSSR count). The van der Waals surface area contributed by atoms with Crippen molar-refractivity contribution < 1.29 is 4.79 Å². The number of nitrogens with one attached hydrogen (secondary N) is 1. The van der Waals surface area contributed by atoms with Crippen LogP contribution in [0.5, 0.6) is 0 Å². The minimum atomic E-state index is -0.0854. The first-order valence-electron chi connectivity index (χ1n) is 8.03. The first kappa shape index (κ1) is 15.1. The van der Waals surface area contributed by atoms with Gasteiger partial charge in [0.2, 0.25) is 5.91 Å². The van der Waals surface area contributed by atoms with E-state index in [4.69, 9.17) is 0 Å². The molecule has 0 saturated heterocycles. The number of hydrogen-bond donors (Lipinski definition) is 1. The standard InChI is InChI=1S/C20H16N4O/c25-19(14-16-8-3-7-15-6-1-2-9-17(15)16)23-18-10-4-11-21-20(18)24-13-5-12-22-24/h1-13H,14H2,(H,23,25). The van der Waals surface area contributed by atoms with Gasteiger partial charge in [0, 0.05) is 18.6 Å². The van der Waals surface area contributed by atoms with Gasteiger partial charge in [0.25, 0.3) is 0 Å². The van der Waals surface area contributed by atoms with Crippen molar-refractivity contribution in [3.8, 4) is 5.82 Å². The zero-order valence-corrected chi connectivity index (χ0v) is 13.5. The van der Waals surface area contributed by atoms with Crippen molar-refractivity contribution in [2.75, 3.05) is 5.32 Å². The SMILES string of the molecule is O=C(Cc1cccc2ccccc12)Nc1cccnc1-n1cccn1. The van der Waals surface area contributed by atoms with E-state index in [0.717, 1.165) is 16.3 Å². The number of amides is 1. The van der Waals surface area contributed by atoms with Crippen molar-refractivity contribution in [3.63, 3.8) is 0 Å². The Kier molecular flexibility index (Phi) is 3.96. The van der Waals surface area contributed by atoms with Crippen LogP contribution in [0.3, 0.4) is 0 Å². The third-order valence-corrected chi connectivity index (χ3v) is 4.01. The van der Waals surface area contributed by atoms with Crippen LogP contribution < -0.4 is 5.32 Å². The predicted octanol–water partition coefficient (Wildman–Crippen LogP) is 3.60. The number of pyridine rings is 1. The summed E-state index contributed by atoms with van der Waals surface area (Å²) in [5, 5.41) is 9.36. The molecule has 0 fully saturated rings. The molecule has 2 heterocycles. The maximum absolute atomic E-state index is 12.6. The van der Waals surface area contributed by atoms with Crippen LogP contribution in [0.25, 0.3) is 16.6 Å². The molecule has 1 N–H and O–H groups in total. The molecule has 2 aromatic heterocycles. The predicted molar refractivity (Wildman–Crippen MR) is 97.6 cm³/mol. The first-order chi connectivity index (χ1) is 12.3. The third-order valence-electron chi connectivity index (χ3n) is 4.01. The van der Waals surface area contributed by atoms with Crippen LogP contribution in [0.2, 0.25) is 0 Å². The smallest absolute Gasteiger partial charge is 0.228 e. The Hall–Kier alpha value is -3.47. The lowest BCUT2D eigenvalue weighted by atomic mass is 10.0. The van der Waals surface area contributed by atoms with E-state index in [2.05, 4.69) is 15.4 Å². The second kappa shape index (κ2) is 6.57. The molecule has 5 nitrogen and oxygen atoms in total. The van der Waals surface area contributed by atoms with E-state index < -0.39 is 0 Å². The van der Waals surface area contributed by atoms with Crippen LogP contribution in [0.15, 0.2) is 79.3 Å². The van der Waals surface area contributed by atoms with Crippen LogP contribution in [0.4, 0.5) is 5.69 Å². The average Bonchev–Trinajstić information content (AvgIpc) is 3.17. The lowest BCUT2D eigenvalue weighted by Crippen LogP contribution is -2.16. The van der Waals surface area contributed by atoms with E-state index in [0.29, 0.717) is 17.9 Å². The van der Waals surface area contributed by atoms with Gasteiger partial charge in [-0.1, -0.05) is 42.5 Å². The highest BCUT2D eigenvalue weighted by atomic mass is 16.1. The Balaban J connectivity index is 1.59. The quantitative estimate of drug-likeness (QED) is 0.622. The third kappa shape index (κ3) is 3.12. The van der Waals surface area contributed by atoms with E-state index in [1.54, 1.807) is 29.3 Å². The highest BCUT2D eigenvalue weighted by Crippen LogP contribution is 2.20. The van der Waals surface area contributed by atoms with Crippen molar-refractivity contribution in [2.45, 2.75) is 6.42 Å². The number of fused-ring (bicyclic) bond motifs is 1. The fourth-order valence-corrected chi connectivity index (χ4v) is 2.89. The first-order valence-corrected chi connectivity index (χ1v) is 8.03. The number of nitrogens with zero attached hydrogens (tertiary/aromatic N) is 3. The Morgan fingerprint density at radius 2 is 1.84 bits per heavy atom. The van der Waals surface area contributed by atoms with Crippen molar-refractivity contribution in [1.82, 2.24) is 14.8 Å². The van der Waals surface area contributed by atoms with Gasteiger partial charge in [-0.25, -0.2) is 9.67 Å². The van der Waals surface area contributed by atoms with Gasteiger partial charge in [-0.15, -0.1) is 0 Å². The van der Waals surface area contributed by atoms with Crippen molar-refractivity contribution in [3.05, 3.63) is 84.8 Å². The summed E-state index contributed by atoms with van der Waals surface area (Å²) in [5.74, 6) is 0.511. The highest BCUT2D eigenvalue weighted by Gasteiger charge is 2.11. The molecule has 0 radical (unpaired) electrons. The largest absolute Gasteiger partial charge is 0.323 e. The second-order valence-electron chi connectivity index (χ2n) is 5.69. The van der Waals surface area contributed by atoms with Gasteiger partial charge in [0.1, 0.15) is 0 Å². The van der Waals surface area contributed by atoms with Crippen LogP contribution in [0.1, 0.15) is 5.56 Å². The average molecular weight is 328 g/mol. The lowest BCUT2D eigenvalue weighted by molar-refractivity contribution is -0.115. The molecule has 5 heteroatoms. The zero-order valence-electron chi connectivity index (χ0n) is 13.5. The number of rotatable bonds is 4. The van der Waals surface area contributed by atoms with Gasteiger partial charge in [-0.2, -0.15) is 5.10 Å². The summed E-state index contributed by atoms with van der Waals surface area (Å²) in [7, 11) is 0. The molecule has 0 aliphatic carbocycles. The molecule has 2 aromatic carbocycles. The van der Waals surface area contributed by atoms with Crippen LogP contribution in [-0.4, -0.2) is 20.7 Å². The molecular formula is C20H16N4O. The normalized spacial score (nSPS) is 10.7. The van der Waals surface area contributed by atoms with Gasteiger partial charge in [0.05, 0.1) is 12.1 Å². The van der Waals surface area contributed by atoms with Crippen molar-refractivity contribution in [1.29, 1.82) is 0 Å². The molecular weight excluding hydrogens is 312 g/mol. The Morgan fingerprint density at radius 3 is 2.72 bits per heavy atom. The lowest BCUT2D eigenvalue weighted by Gasteiger charge is -2.11. The summed E-state index contributed by atoms with van der Waals surface area (Å²) in [6.07, 6.45) is 5.45. The number of carbonyl (C=O) groups is 1. The molecule has 25 heavy (non-hydrogen) atoms. The minimum Gasteiger partial charge on any atom is -0.323 e. The van der Waals surface area contributed by atoms with Crippen LogP contribution in [0, 0.1) is 0 Å². The van der Waals surface area contributed by atoms with E-state index >= 15 is 0 Å². The second-order valence-corrected chi connectivity index (χ2v) is 5.69. The molecule has 0 aliphatic heterocycles. The highest BCUT2D eigenvalue weighted by molar-refractivity contribution is 5.97. The van der Waals surface area contributed by atoms with Crippen molar-refractivity contribution >= 4 is 22.4 Å². The minimum absolute atomic E-state index is 0.0854. The van der Waals surface area contributed by atoms with Crippen LogP contribution in [-0.2, 0) is 11.2 Å². The molecule has 0 atom stereocenters. The van der Waals surface area contributed by atoms with Gasteiger partial charge in [-0.3, -0.25) is 4.79 Å². The Morgan fingerprint density at radius 1 is 0.960 bits per heavy atom. The van der Waals surface area contributed by atoms with Gasteiger partial charge < -0.3 is 5.32 Å². The fourth-order valence-electron chi connectivity index (χ4n) is 2.89. The molecule has 1 amide bonds.